The fraction of sp³-hybridized carbons (Fsp3) is 1.00. The Morgan fingerprint density at radius 3 is 2.06 bits per heavy atom. The molecule has 1 fully saturated rings. The molecule has 1 nitrogen and oxygen atoms in total. The summed E-state index contributed by atoms with van der Waals surface area (Å²) in [6, 6.07) is 0.804. The number of hydrogen-bond donors (Lipinski definition) is 1. The van der Waals surface area contributed by atoms with Gasteiger partial charge in [0.25, 0.3) is 0 Å². The molecule has 1 aliphatic rings. The van der Waals surface area contributed by atoms with Crippen molar-refractivity contribution in [1.29, 1.82) is 0 Å². The van der Waals surface area contributed by atoms with Crippen molar-refractivity contribution in [2.75, 3.05) is 6.54 Å². The quantitative estimate of drug-likeness (QED) is 0.641. The highest BCUT2D eigenvalue weighted by molar-refractivity contribution is 4.82. The van der Waals surface area contributed by atoms with E-state index in [1.807, 2.05) is 0 Å². The van der Waals surface area contributed by atoms with E-state index < -0.39 is 0 Å². The van der Waals surface area contributed by atoms with E-state index in [4.69, 9.17) is 0 Å². The Morgan fingerprint density at radius 1 is 0.944 bits per heavy atom. The van der Waals surface area contributed by atoms with Crippen molar-refractivity contribution in [2.24, 2.45) is 17.8 Å². The number of nitrogens with one attached hydrogen (secondary N) is 1. The second kappa shape index (κ2) is 8.96. The summed E-state index contributed by atoms with van der Waals surface area (Å²) in [5.74, 6) is 2.85. The van der Waals surface area contributed by atoms with E-state index >= 15 is 0 Å². The number of unbranched alkanes of at least 4 members (excludes halogenated alkanes) is 1. The van der Waals surface area contributed by atoms with Crippen LogP contribution in [0.1, 0.15) is 79.1 Å². The second-order valence-electron chi connectivity index (χ2n) is 6.62. The third-order valence-corrected chi connectivity index (χ3v) is 4.85. The molecular weight excluding hydrogens is 218 g/mol. The lowest BCUT2D eigenvalue weighted by Crippen LogP contribution is -2.39. The van der Waals surface area contributed by atoms with Crippen LogP contribution in [-0.4, -0.2) is 12.6 Å². The van der Waals surface area contributed by atoms with Crippen molar-refractivity contribution in [1.82, 2.24) is 5.32 Å². The Balaban J connectivity index is 2.38. The highest BCUT2D eigenvalue weighted by Crippen LogP contribution is 2.35. The van der Waals surface area contributed by atoms with E-state index in [1.165, 1.54) is 57.9 Å². The van der Waals surface area contributed by atoms with Gasteiger partial charge in [0.15, 0.2) is 0 Å². The van der Waals surface area contributed by atoms with Gasteiger partial charge < -0.3 is 5.32 Å². The van der Waals surface area contributed by atoms with Crippen LogP contribution < -0.4 is 5.32 Å². The molecule has 1 unspecified atom stereocenters. The minimum atomic E-state index is 0.804. The Labute approximate surface area is 115 Å². The van der Waals surface area contributed by atoms with Gasteiger partial charge >= 0.3 is 0 Å². The maximum absolute atomic E-state index is 3.82. The third-order valence-electron chi connectivity index (χ3n) is 4.85. The summed E-state index contributed by atoms with van der Waals surface area (Å²) in [6.07, 6.45) is 11.3. The van der Waals surface area contributed by atoms with E-state index in [-0.39, 0.29) is 0 Å². The van der Waals surface area contributed by atoms with Gasteiger partial charge in [0.2, 0.25) is 0 Å². The summed E-state index contributed by atoms with van der Waals surface area (Å²) in [4.78, 5) is 0. The first-order chi connectivity index (χ1) is 8.69. The van der Waals surface area contributed by atoms with Gasteiger partial charge in [-0.1, -0.05) is 40.5 Å². The van der Waals surface area contributed by atoms with Gasteiger partial charge in [0.1, 0.15) is 0 Å². The predicted molar refractivity (Wildman–Crippen MR) is 81.9 cm³/mol. The van der Waals surface area contributed by atoms with Crippen LogP contribution in [0.4, 0.5) is 0 Å². The fourth-order valence-corrected chi connectivity index (χ4v) is 3.47. The average Bonchev–Trinajstić information content (AvgIpc) is 2.39. The first-order valence-corrected chi connectivity index (χ1v) is 8.42. The largest absolute Gasteiger partial charge is 0.314 e. The van der Waals surface area contributed by atoms with Gasteiger partial charge in [0.05, 0.1) is 0 Å². The van der Waals surface area contributed by atoms with Crippen LogP contribution in [0.2, 0.25) is 0 Å². The Bertz CT molecular complexity index is 184. The average molecular weight is 253 g/mol. The normalized spacial score (nSPS) is 26.5. The van der Waals surface area contributed by atoms with Gasteiger partial charge in [0, 0.05) is 6.04 Å². The summed E-state index contributed by atoms with van der Waals surface area (Å²) < 4.78 is 0. The van der Waals surface area contributed by atoms with E-state index in [1.54, 1.807) is 0 Å². The molecule has 0 aliphatic heterocycles. The van der Waals surface area contributed by atoms with Crippen LogP contribution in [0.5, 0.6) is 0 Å². The molecule has 0 aromatic carbocycles. The maximum Gasteiger partial charge on any atom is 0.00953 e. The topological polar surface area (TPSA) is 12.0 Å². The Hall–Kier alpha value is -0.0400. The molecule has 108 valence electrons. The summed E-state index contributed by atoms with van der Waals surface area (Å²) >= 11 is 0. The highest BCUT2D eigenvalue weighted by atomic mass is 14.9. The molecule has 0 radical (unpaired) electrons. The first-order valence-electron chi connectivity index (χ1n) is 8.42. The zero-order chi connectivity index (χ0) is 13.4. The maximum atomic E-state index is 3.82. The molecule has 1 aliphatic carbocycles. The predicted octanol–water partition coefficient (Wildman–Crippen LogP) is 5.01. The monoisotopic (exact) mass is 253 g/mol. The van der Waals surface area contributed by atoms with Crippen LogP contribution in [-0.2, 0) is 0 Å². The van der Waals surface area contributed by atoms with E-state index in [9.17, 15) is 0 Å². The molecule has 1 saturated carbocycles. The molecule has 18 heavy (non-hydrogen) atoms. The van der Waals surface area contributed by atoms with E-state index in [0.717, 1.165) is 23.8 Å². The van der Waals surface area contributed by atoms with Gasteiger partial charge in [-0.15, -0.1) is 0 Å². The standard InChI is InChI=1S/C17H35N/c1-5-7-8-17(18-13-6-2)16-11-9-15(10-12-16)14(3)4/h14-18H,5-13H2,1-4H3. The van der Waals surface area contributed by atoms with Gasteiger partial charge in [-0.05, 0) is 62.8 Å². The zero-order valence-electron chi connectivity index (χ0n) is 13.2. The van der Waals surface area contributed by atoms with Crippen molar-refractivity contribution >= 4 is 0 Å². The molecule has 1 N–H and O–H groups in total. The van der Waals surface area contributed by atoms with Crippen LogP contribution in [0.15, 0.2) is 0 Å². The first kappa shape index (κ1) is 16.0. The summed E-state index contributed by atoms with van der Waals surface area (Å²) in [5.41, 5.74) is 0. The van der Waals surface area contributed by atoms with Gasteiger partial charge in [-0.25, -0.2) is 0 Å². The summed E-state index contributed by atoms with van der Waals surface area (Å²) in [6.45, 7) is 10.6. The lowest BCUT2D eigenvalue weighted by molar-refractivity contribution is 0.182. The molecule has 1 heteroatoms. The Kier molecular flexibility index (Phi) is 7.97. The molecule has 0 spiro atoms. The van der Waals surface area contributed by atoms with Crippen LogP contribution >= 0.6 is 0 Å². The molecule has 0 bridgehead atoms. The molecule has 0 aromatic rings. The van der Waals surface area contributed by atoms with E-state index in [0.29, 0.717) is 0 Å². The van der Waals surface area contributed by atoms with Gasteiger partial charge in [-0.3, -0.25) is 0 Å². The minimum absolute atomic E-state index is 0.804. The molecule has 0 aromatic heterocycles. The smallest absolute Gasteiger partial charge is 0.00953 e. The van der Waals surface area contributed by atoms with Crippen molar-refractivity contribution in [2.45, 2.75) is 85.1 Å². The van der Waals surface area contributed by atoms with Gasteiger partial charge in [-0.2, -0.15) is 0 Å². The molecule has 1 atom stereocenters. The second-order valence-corrected chi connectivity index (χ2v) is 6.62. The van der Waals surface area contributed by atoms with Crippen molar-refractivity contribution in [3.63, 3.8) is 0 Å². The van der Waals surface area contributed by atoms with Crippen LogP contribution in [0.25, 0.3) is 0 Å². The van der Waals surface area contributed by atoms with E-state index in [2.05, 4.69) is 33.0 Å². The number of hydrogen-bond acceptors (Lipinski definition) is 1. The number of rotatable bonds is 8. The van der Waals surface area contributed by atoms with Crippen molar-refractivity contribution < 1.29 is 0 Å². The lowest BCUT2D eigenvalue weighted by atomic mass is 9.74. The van der Waals surface area contributed by atoms with Crippen molar-refractivity contribution in [3.05, 3.63) is 0 Å². The Morgan fingerprint density at radius 2 is 1.56 bits per heavy atom. The fourth-order valence-electron chi connectivity index (χ4n) is 3.47. The minimum Gasteiger partial charge on any atom is -0.314 e. The van der Waals surface area contributed by atoms with Crippen LogP contribution in [0.3, 0.4) is 0 Å². The molecule has 0 saturated heterocycles. The molecule has 0 heterocycles. The molecule has 1 rings (SSSR count). The molecular formula is C17H35N. The third kappa shape index (κ3) is 5.30. The zero-order valence-corrected chi connectivity index (χ0v) is 13.2. The lowest BCUT2D eigenvalue weighted by Gasteiger charge is -2.36. The summed E-state index contributed by atoms with van der Waals surface area (Å²) in [7, 11) is 0. The molecule has 0 amide bonds. The van der Waals surface area contributed by atoms with Crippen molar-refractivity contribution in [3.8, 4) is 0 Å². The SMILES string of the molecule is CCCCC(NCCC)C1CCC(C(C)C)CC1. The summed E-state index contributed by atoms with van der Waals surface area (Å²) in [5, 5.41) is 3.82. The highest BCUT2D eigenvalue weighted by Gasteiger charge is 2.27. The van der Waals surface area contributed by atoms with Crippen LogP contribution in [0, 0.1) is 17.8 Å².